The largest absolute Gasteiger partial charge is 0.395 e. The number of hydrogen-bond acceptors (Lipinski definition) is 5. The fourth-order valence-electron chi connectivity index (χ4n) is 1.77. The molecule has 7 nitrogen and oxygen atoms in total. The summed E-state index contributed by atoms with van der Waals surface area (Å²) in [6.07, 6.45) is 3.05. The Labute approximate surface area is 99.9 Å². The molecular formula is C9H16N4O3S. The van der Waals surface area contributed by atoms with E-state index < -0.39 is 10.0 Å². The molecule has 0 saturated heterocycles. The first kappa shape index (κ1) is 12.3. The van der Waals surface area contributed by atoms with E-state index in [2.05, 4.69) is 5.10 Å². The van der Waals surface area contributed by atoms with Gasteiger partial charge in [-0.1, -0.05) is 0 Å². The van der Waals surface area contributed by atoms with Crippen molar-refractivity contribution in [1.82, 2.24) is 14.1 Å². The van der Waals surface area contributed by atoms with Gasteiger partial charge in [0.2, 0.25) is 10.0 Å². The number of nitrogens with two attached hydrogens (primary N) is 1. The number of hydrogen-bond donors (Lipinski definition) is 2. The van der Waals surface area contributed by atoms with E-state index in [0.717, 1.165) is 12.8 Å². The molecule has 17 heavy (non-hydrogen) atoms. The highest BCUT2D eigenvalue weighted by Gasteiger charge is 2.39. The Balaban J connectivity index is 2.36. The van der Waals surface area contributed by atoms with Gasteiger partial charge in [0.25, 0.3) is 0 Å². The number of sulfonamides is 1. The second kappa shape index (κ2) is 4.28. The quantitative estimate of drug-likeness (QED) is 0.718. The first-order valence-electron chi connectivity index (χ1n) is 5.38. The van der Waals surface area contributed by atoms with E-state index >= 15 is 0 Å². The fraction of sp³-hybridized carbons (Fsp3) is 0.667. The van der Waals surface area contributed by atoms with Crippen molar-refractivity contribution in [3.8, 4) is 0 Å². The van der Waals surface area contributed by atoms with Crippen LogP contribution < -0.4 is 5.73 Å². The third-order valence-electron chi connectivity index (χ3n) is 2.68. The van der Waals surface area contributed by atoms with Crippen LogP contribution in [-0.2, 0) is 17.1 Å². The maximum absolute atomic E-state index is 12.3. The molecule has 2 rings (SSSR count). The van der Waals surface area contributed by atoms with Gasteiger partial charge in [0.05, 0.1) is 6.61 Å². The van der Waals surface area contributed by atoms with E-state index in [-0.39, 0.29) is 29.9 Å². The predicted molar refractivity (Wildman–Crippen MR) is 61.6 cm³/mol. The lowest BCUT2D eigenvalue weighted by molar-refractivity contribution is 0.250. The molecule has 1 saturated carbocycles. The molecule has 1 heterocycles. The minimum Gasteiger partial charge on any atom is -0.395 e. The van der Waals surface area contributed by atoms with Gasteiger partial charge in [-0.3, -0.25) is 4.68 Å². The molecule has 1 aromatic heterocycles. The van der Waals surface area contributed by atoms with Gasteiger partial charge in [0.15, 0.2) is 5.82 Å². The standard InChI is InChI=1S/C9H16N4O3S/c1-12-6-8(9(10)11-12)17(15,16)13(4-5-14)7-2-3-7/h6-7,14H,2-5H2,1H3,(H2,10,11). The summed E-state index contributed by atoms with van der Waals surface area (Å²) in [5.41, 5.74) is 5.58. The lowest BCUT2D eigenvalue weighted by atomic mass is 10.6. The van der Waals surface area contributed by atoms with Gasteiger partial charge in [-0.2, -0.15) is 9.40 Å². The molecule has 96 valence electrons. The predicted octanol–water partition coefficient (Wildman–Crippen LogP) is -0.852. The lowest BCUT2D eigenvalue weighted by Gasteiger charge is -2.19. The zero-order valence-corrected chi connectivity index (χ0v) is 10.4. The smallest absolute Gasteiger partial charge is 0.248 e. The molecule has 0 aromatic carbocycles. The maximum Gasteiger partial charge on any atom is 0.248 e. The highest BCUT2D eigenvalue weighted by Crippen LogP contribution is 2.32. The normalized spacial score (nSPS) is 16.6. The summed E-state index contributed by atoms with van der Waals surface area (Å²) in [6.45, 7) is -0.1000. The zero-order chi connectivity index (χ0) is 12.6. The van der Waals surface area contributed by atoms with Crippen molar-refractivity contribution in [3.63, 3.8) is 0 Å². The summed E-state index contributed by atoms with van der Waals surface area (Å²) >= 11 is 0. The van der Waals surface area contributed by atoms with E-state index in [4.69, 9.17) is 10.8 Å². The van der Waals surface area contributed by atoms with E-state index in [0.29, 0.717) is 0 Å². The molecule has 0 atom stereocenters. The highest BCUT2D eigenvalue weighted by molar-refractivity contribution is 7.89. The van der Waals surface area contributed by atoms with Crippen LogP contribution >= 0.6 is 0 Å². The van der Waals surface area contributed by atoms with Crippen LogP contribution in [0.15, 0.2) is 11.1 Å². The van der Waals surface area contributed by atoms with Gasteiger partial charge in [-0.05, 0) is 12.8 Å². The van der Waals surface area contributed by atoms with Crippen LogP contribution in [0.5, 0.6) is 0 Å². The summed E-state index contributed by atoms with van der Waals surface area (Å²) in [4.78, 5) is 0.0142. The number of aliphatic hydroxyl groups excluding tert-OH is 1. The fourth-order valence-corrected chi connectivity index (χ4v) is 3.54. The van der Waals surface area contributed by atoms with Crippen molar-refractivity contribution >= 4 is 15.8 Å². The molecule has 0 amide bonds. The van der Waals surface area contributed by atoms with E-state index in [1.54, 1.807) is 7.05 Å². The molecule has 3 N–H and O–H groups in total. The minimum absolute atomic E-state index is 0.00362. The van der Waals surface area contributed by atoms with Crippen LogP contribution in [0.2, 0.25) is 0 Å². The maximum atomic E-state index is 12.3. The van der Waals surface area contributed by atoms with Gasteiger partial charge in [-0.25, -0.2) is 8.42 Å². The Kier molecular flexibility index (Phi) is 3.11. The van der Waals surface area contributed by atoms with Crippen LogP contribution in [0.1, 0.15) is 12.8 Å². The molecule has 0 radical (unpaired) electrons. The number of anilines is 1. The monoisotopic (exact) mass is 260 g/mol. The number of nitrogen functional groups attached to an aromatic ring is 1. The van der Waals surface area contributed by atoms with Crippen molar-refractivity contribution in [2.24, 2.45) is 7.05 Å². The van der Waals surface area contributed by atoms with Crippen LogP contribution in [-0.4, -0.2) is 46.8 Å². The van der Waals surface area contributed by atoms with Crippen LogP contribution in [0.3, 0.4) is 0 Å². The molecule has 0 aliphatic heterocycles. The van der Waals surface area contributed by atoms with Crippen molar-refractivity contribution < 1.29 is 13.5 Å². The molecule has 1 aromatic rings. The summed E-state index contributed by atoms with van der Waals surface area (Å²) in [6, 6.07) is -0.00763. The molecule has 0 spiro atoms. The number of rotatable bonds is 5. The molecule has 1 aliphatic rings. The third-order valence-corrected chi connectivity index (χ3v) is 4.65. The average molecular weight is 260 g/mol. The Morgan fingerprint density at radius 1 is 1.65 bits per heavy atom. The van der Waals surface area contributed by atoms with Crippen molar-refractivity contribution in [3.05, 3.63) is 6.20 Å². The van der Waals surface area contributed by atoms with Crippen LogP contribution in [0, 0.1) is 0 Å². The second-order valence-electron chi connectivity index (χ2n) is 4.12. The van der Waals surface area contributed by atoms with Gasteiger partial charge in [0.1, 0.15) is 4.90 Å². The number of aliphatic hydroxyl groups is 1. The first-order chi connectivity index (χ1) is 7.96. The number of aromatic nitrogens is 2. The van der Waals surface area contributed by atoms with E-state index in [1.807, 2.05) is 0 Å². The third kappa shape index (κ3) is 2.28. The summed E-state index contributed by atoms with van der Waals surface area (Å²) in [5, 5.41) is 12.8. The molecule has 1 fully saturated rings. The van der Waals surface area contributed by atoms with Crippen molar-refractivity contribution in [2.75, 3.05) is 18.9 Å². The minimum atomic E-state index is -3.64. The topological polar surface area (TPSA) is 101 Å². The van der Waals surface area contributed by atoms with E-state index in [1.165, 1.54) is 15.2 Å². The molecule has 0 bridgehead atoms. The summed E-state index contributed by atoms with van der Waals surface area (Å²) in [5.74, 6) is -0.00362. The zero-order valence-electron chi connectivity index (χ0n) is 9.57. The van der Waals surface area contributed by atoms with Gasteiger partial charge in [0, 0.05) is 25.8 Å². The van der Waals surface area contributed by atoms with Gasteiger partial charge >= 0.3 is 0 Å². The first-order valence-corrected chi connectivity index (χ1v) is 6.82. The molecule has 0 unspecified atom stereocenters. The average Bonchev–Trinajstić information content (AvgIpc) is 3.00. The SMILES string of the molecule is Cn1cc(S(=O)(=O)N(CCO)C2CC2)c(N)n1. The summed E-state index contributed by atoms with van der Waals surface area (Å²) < 4.78 is 27.3. The molecule has 1 aliphatic carbocycles. The van der Waals surface area contributed by atoms with Crippen molar-refractivity contribution in [2.45, 2.75) is 23.8 Å². The Hall–Kier alpha value is -1.12. The lowest BCUT2D eigenvalue weighted by Crippen LogP contribution is -2.35. The molecule has 8 heteroatoms. The van der Waals surface area contributed by atoms with Gasteiger partial charge < -0.3 is 10.8 Å². The Bertz CT molecular complexity index is 506. The highest BCUT2D eigenvalue weighted by atomic mass is 32.2. The van der Waals surface area contributed by atoms with Crippen LogP contribution in [0.25, 0.3) is 0 Å². The number of nitrogens with zero attached hydrogens (tertiary/aromatic N) is 3. The molecular weight excluding hydrogens is 244 g/mol. The van der Waals surface area contributed by atoms with Crippen LogP contribution in [0.4, 0.5) is 5.82 Å². The Morgan fingerprint density at radius 2 is 2.29 bits per heavy atom. The second-order valence-corrected chi connectivity index (χ2v) is 5.98. The van der Waals surface area contributed by atoms with Gasteiger partial charge in [-0.15, -0.1) is 0 Å². The van der Waals surface area contributed by atoms with E-state index in [9.17, 15) is 8.42 Å². The number of aryl methyl sites for hydroxylation is 1. The summed E-state index contributed by atoms with van der Waals surface area (Å²) in [7, 11) is -2.03. The Morgan fingerprint density at radius 3 is 2.71 bits per heavy atom. The van der Waals surface area contributed by atoms with Crippen molar-refractivity contribution in [1.29, 1.82) is 0 Å².